The van der Waals surface area contributed by atoms with Gasteiger partial charge in [-0.05, 0) is 89.9 Å². The van der Waals surface area contributed by atoms with E-state index in [0.29, 0.717) is 19.3 Å². The lowest BCUT2D eigenvalue weighted by Crippen LogP contribution is -2.46. The van der Waals surface area contributed by atoms with Crippen molar-refractivity contribution in [2.24, 2.45) is 0 Å². The van der Waals surface area contributed by atoms with Gasteiger partial charge in [0.15, 0.2) is 0 Å². The average molecular weight is 814 g/mol. The molecule has 0 aromatic carbocycles. The normalized spacial score (nSPS) is 13.7. The number of rotatable bonds is 44. The predicted octanol–water partition coefficient (Wildman–Crippen LogP) is 14.7. The molecule has 3 atom stereocenters. The Morgan fingerprint density at radius 1 is 0.500 bits per heavy atom. The maximum absolute atomic E-state index is 13.2. The fraction of sp³-hybridized carbons (Fsp3) is 0.808. The number of aliphatic hydroxyl groups excluding tert-OH is 2. The number of unbranched alkanes of at least 4 members (excludes halogenated alkanes) is 24. The molecule has 0 bridgehead atoms. The maximum atomic E-state index is 13.2. The number of allylic oxidation sites excluding steroid dienone is 8. The van der Waals surface area contributed by atoms with Gasteiger partial charge in [0.1, 0.15) is 6.10 Å². The molecule has 0 aliphatic heterocycles. The number of esters is 1. The lowest BCUT2D eigenvalue weighted by atomic mass is 10.0. The Labute approximate surface area is 359 Å². The third-order valence-corrected chi connectivity index (χ3v) is 11.1. The van der Waals surface area contributed by atoms with Crippen molar-refractivity contribution in [2.75, 3.05) is 6.61 Å². The highest BCUT2D eigenvalue weighted by molar-refractivity contribution is 5.77. The van der Waals surface area contributed by atoms with E-state index < -0.39 is 18.2 Å². The van der Waals surface area contributed by atoms with E-state index in [0.717, 1.165) is 83.5 Å². The number of amides is 1. The number of nitrogens with one attached hydrogen (secondary N) is 1. The van der Waals surface area contributed by atoms with Crippen molar-refractivity contribution in [1.29, 1.82) is 0 Å². The minimum atomic E-state index is -0.799. The SMILES string of the molecule is CCCCC/C=C\C/C=C\C/C=C\CCCCC(CC(=O)NC(CO)C(O)CCCCCCCCCCCCC)OC(=O)CCCCC/C=C\CCCCCCCC. The zero-order valence-corrected chi connectivity index (χ0v) is 38.4. The number of hydrogen-bond donors (Lipinski definition) is 3. The van der Waals surface area contributed by atoms with E-state index in [1.165, 1.54) is 116 Å². The molecule has 0 heterocycles. The van der Waals surface area contributed by atoms with Gasteiger partial charge < -0.3 is 20.3 Å². The Balaban J connectivity index is 4.69. The topological polar surface area (TPSA) is 95.9 Å². The zero-order valence-electron chi connectivity index (χ0n) is 38.4. The van der Waals surface area contributed by atoms with Crippen LogP contribution in [0.25, 0.3) is 0 Å². The molecule has 0 rings (SSSR count). The third kappa shape index (κ3) is 40.6. The van der Waals surface area contributed by atoms with Crippen LogP contribution in [0.1, 0.15) is 245 Å². The molecule has 3 unspecified atom stereocenters. The lowest BCUT2D eigenvalue weighted by molar-refractivity contribution is -0.151. The lowest BCUT2D eigenvalue weighted by Gasteiger charge is -2.24. The first kappa shape index (κ1) is 55.8. The summed E-state index contributed by atoms with van der Waals surface area (Å²) in [7, 11) is 0. The monoisotopic (exact) mass is 814 g/mol. The Morgan fingerprint density at radius 2 is 0.879 bits per heavy atom. The Hall–Kier alpha value is -2.18. The van der Waals surface area contributed by atoms with Crippen LogP contribution in [0.4, 0.5) is 0 Å². The highest BCUT2D eigenvalue weighted by Gasteiger charge is 2.24. The van der Waals surface area contributed by atoms with Crippen molar-refractivity contribution >= 4 is 11.9 Å². The zero-order chi connectivity index (χ0) is 42.4. The predicted molar refractivity (Wildman–Crippen MR) is 250 cm³/mol. The molecule has 3 N–H and O–H groups in total. The molecule has 6 heteroatoms. The van der Waals surface area contributed by atoms with Gasteiger partial charge in [-0.15, -0.1) is 0 Å². The molecule has 0 spiro atoms. The van der Waals surface area contributed by atoms with Crippen molar-refractivity contribution in [1.82, 2.24) is 5.32 Å². The van der Waals surface area contributed by atoms with Gasteiger partial charge in [0.2, 0.25) is 5.91 Å². The van der Waals surface area contributed by atoms with Gasteiger partial charge >= 0.3 is 5.97 Å². The van der Waals surface area contributed by atoms with Gasteiger partial charge in [-0.2, -0.15) is 0 Å². The summed E-state index contributed by atoms with van der Waals surface area (Å²) in [4.78, 5) is 26.1. The minimum Gasteiger partial charge on any atom is -0.462 e. The van der Waals surface area contributed by atoms with Crippen molar-refractivity contribution < 1.29 is 24.5 Å². The van der Waals surface area contributed by atoms with Crippen molar-refractivity contribution in [3.8, 4) is 0 Å². The smallest absolute Gasteiger partial charge is 0.306 e. The highest BCUT2D eigenvalue weighted by Crippen LogP contribution is 2.17. The first-order valence-electron chi connectivity index (χ1n) is 24.9. The molecule has 338 valence electrons. The number of carbonyl (C=O) groups excluding carboxylic acids is 2. The Kier molecular flexibility index (Phi) is 44.2. The van der Waals surface area contributed by atoms with Crippen LogP contribution in [0.15, 0.2) is 48.6 Å². The van der Waals surface area contributed by atoms with E-state index >= 15 is 0 Å². The van der Waals surface area contributed by atoms with Crippen molar-refractivity contribution in [3.05, 3.63) is 48.6 Å². The third-order valence-electron chi connectivity index (χ3n) is 11.1. The van der Waals surface area contributed by atoms with Crippen LogP contribution in [-0.2, 0) is 14.3 Å². The summed E-state index contributed by atoms with van der Waals surface area (Å²) in [6.07, 6.45) is 54.5. The van der Waals surface area contributed by atoms with E-state index in [4.69, 9.17) is 4.74 Å². The van der Waals surface area contributed by atoms with Gasteiger partial charge in [-0.1, -0.05) is 191 Å². The molecule has 0 aliphatic rings. The summed E-state index contributed by atoms with van der Waals surface area (Å²) >= 11 is 0. The molecule has 0 fully saturated rings. The first-order chi connectivity index (χ1) is 28.5. The molecule has 0 aliphatic carbocycles. The van der Waals surface area contributed by atoms with Crippen molar-refractivity contribution in [2.45, 2.75) is 264 Å². The standard InChI is InChI=1S/C52H95NO5/c1-4-7-10-13-16-19-22-24-25-27-29-31-34-37-40-43-48(58-52(57)45-42-39-36-33-30-26-23-20-17-14-11-8-5-2)46-51(56)53-49(47-54)50(55)44-41-38-35-32-28-21-18-15-12-9-6-3/h16,19,24-26,29-31,48-50,54-55H,4-15,17-18,20-23,27-28,32-47H2,1-3H3,(H,53,56)/b19-16-,25-24-,30-26-,31-29-. The van der Waals surface area contributed by atoms with E-state index in [9.17, 15) is 19.8 Å². The molecule has 1 amide bonds. The molecule has 0 radical (unpaired) electrons. The summed E-state index contributed by atoms with van der Waals surface area (Å²) in [6.45, 7) is 6.42. The van der Waals surface area contributed by atoms with Crippen LogP contribution >= 0.6 is 0 Å². The fourth-order valence-corrected chi connectivity index (χ4v) is 7.31. The van der Waals surface area contributed by atoms with Crippen LogP contribution in [-0.4, -0.2) is 46.9 Å². The van der Waals surface area contributed by atoms with Crippen LogP contribution in [0.3, 0.4) is 0 Å². The number of ether oxygens (including phenoxy) is 1. The summed E-state index contributed by atoms with van der Waals surface area (Å²) in [6, 6.07) is -0.715. The molecule has 6 nitrogen and oxygen atoms in total. The highest BCUT2D eigenvalue weighted by atomic mass is 16.5. The molecule has 0 aromatic heterocycles. The molecule has 0 saturated heterocycles. The van der Waals surface area contributed by atoms with E-state index in [2.05, 4.69) is 74.7 Å². The summed E-state index contributed by atoms with van der Waals surface area (Å²) in [5, 5.41) is 23.7. The summed E-state index contributed by atoms with van der Waals surface area (Å²) in [5.41, 5.74) is 0. The van der Waals surface area contributed by atoms with Gasteiger partial charge in [-0.25, -0.2) is 0 Å². The van der Waals surface area contributed by atoms with E-state index in [-0.39, 0.29) is 24.9 Å². The average Bonchev–Trinajstić information content (AvgIpc) is 3.22. The largest absolute Gasteiger partial charge is 0.462 e. The second-order valence-electron chi connectivity index (χ2n) is 16.9. The number of aliphatic hydroxyl groups is 2. The second-order valence-corrected chi connectivity index (χ2v) is 16.9. The van der Waals surface area contributed by atoms with Gasteiger partial charge in [0, 0.05) is 6.42 Å². The van der Waals surface area contributed by atoms with Crippen LogP contribution in [0.2, 0.25) is 0 Å². The second kappa shape index (κ2) is 45.9. The van der Waals surface area contributed by atoms with E-state index in [1.807, 2.05) is 0 Å². The summed E-state index contributed by atoms with van der Waals surface area (Å²) < 4.78 is 5.90. The molecule has 58 heavy (non-hydrogen) atoms. The Bertz CT molecular complexity index is 1000. The Morgan fingerprint density at radius 3 is 1.40 bits per heavy atom. The van der Waals surface area contributed by atoms with Gasteiger partial charge in [0.05, 0.1) is 25.2 Å². The van der Waals surface area contributed by atoms with E-state index in [1.54, 1.807) is 0 Å². The van der Waals surface area contributed by atoms with Gasteiger partial charge in [-0.3, -0.25) is 9.59 Å². The molecule has 0 aromatic rings. The number of hydrogen-bond acceptors (Lipinski definition) is 5. The maximum Gasteiger partial charge on any atom is 0.306 e. The quantitative estimate of drug-likeness (QED) is 0.0323. The fourth-order valence-electron chi connectivity index (χ4n) is 7.31. The van der Waals surface area contributed by atoms with Crippen LogP contribution < -0.4 is 5.32 Å². The van der Waals surface area contributed by atoms with Gasteiger partial charge in [0.25, 0.3) is 0 Å². The molecule has 0 saturated carbocycles. The number of carbonyl (C=O) groups is 2. The van der Waals surface area contributed by atoms with Crippen molar-refractivity contribution in [3.63, 3.8) is 0 Å². The minimum absolute atomic E-state index is 0.0461. The van der Waals surface area contributed by atoms with Crippen LogP contribution in [0, 0.1) is 0 Å². The first-order valence-corrected chi connectivity index (χ1v) is 24.9. The summed E-state index contributed by atoms with van der Waals surface area (Å²) in [5.74, 6) is -0.529. The van der Waals surface area contributed by atoms with Crippen LogP contribution in [0.5, 0.6) is 0 Å². The molecular weight excluding hydrogens is 719 g/mol. The molecular formula is C52H95NO5.